The third kappa shape index (κ3) is 7.66. The van der Waals surface area contributed by atoms with Gasteiger partial charge in [0, 0.05) is 5.92 Å². The molecule has 152 valence electrons. The first-order valence-electron chi connectivity index (χ1n) is 9.03. The summed E-state index contributed by atoms with van der Waals surface area (Å²) < 4.78 is 9.84. The summed E-state index contributed by atoms with van der Waals surface area (Å²) in [7, 11) is 1.21. The number of methoxy groups -OCH3 is 1. The molecule has 0 aliphatic rings. The molecule has 1 aromatic carbocycles. The van der Waals surface area contributed by atoms with Gasteiger partial charge in [0.05, 0.1) is 13.2 Å². The summed E-state index contributed by atoms with van der Waals surface area (Å²) in [5.74, 6) is -1.90. The molecule has 2 amide bonds. The molecule has 0 unspecified atom stereocenters. The summed E-state index contributed by atoms with van der Waals surface area (Å²) in [6.45, 7) is 5.23. The van der Waals surface area contributed by atoms with Crippen LogP contribution in [0.1, 0.15) is 32.8 Å². The van der Waals surface area contributed by atoms with E-state index in [0.717, 1.165) is 5.56 Å². The molecule has 28 heavy (non-hydrogen) atoms. The van der Waals surface area contributed by atoms with Crippen LogP contribution in [0.3, 0.4) is 0 Å². The summed E-state index contributed by atoms with van der Waals surface area (Å²) in [4.78, 5) is 36.6. The number of alkyl carbamates (subject to hydrolysis) is 1. The molecule has 0 bridgehead atoms. The van der Waals surface area contributed by atoms with Gasteiger partial charge in [-0.05, 0) is 24.8 Å². The Balaban J connectivity index is 2.71. The Kier molecular flexibility index (Phi) is 9.51. The molecule has 0 heterocycles. The molecule has 0 saturated heterocycles. The first-order chi connectivity index (χ1) is 13.3. The van der Waals surface area contributed by atoms with Crippen LogP contribution in [0, 0.1) is 23.2 Å². The third-order valence-corrected chi connectivity index (χ3v) is 4.05. The van der Waals surface area contributed by atoms with Gasteiger partial charge in [0.1, 0.15) is 18.7 Å². The van der Waals surface area contributed by atoms with Gasteiger partial charge in [-0.15, -0.1) is 0 Å². The highest BCUT2D eigenvalue weighted by molar-refractivity contribution is 5.89. The van der Waals surface area contributed by atoms with Crippen LogP contribution < -0.4 is 10.6 Å². The average molecular weight is 389 g/mol. The van der Waals surface area contributed by atoms with Gasteiger partial charge in [-0.2, -0.15) is 5.26 Å². The van der Waals surface area contributed by atoms with Crippen LogP contribution in [-0.4, -0.2) is 37.2 Å². The molecule has 2 N–H and O–H groups in total. The molecule has 0 fully saturated rings. The highest BCUT2D eigenvalue weighted by Crippen LogP contribution is 2.09. The summed E-state index contributed by atoms with van der Waals surface area (Å²) in [5, 5.41) is 14.0. The van der Waals surface area contributed by atoms with Crippen LogP contribution >= 0.6 is 0 Å². The normalized spacial score (nSPS) is 13.6. The van der Waals surface area contributed by atoms with E-state index in [0.29, 0.717) is 0 Å². The van der Waals surface area contributed by atoms with Gasteiger partial charge in [0.15, 0.2) is 0 Å². The molecule has 0 aromatic heterocycles. The van der Waals surface area contributed by atoms with Crippen molar-refractivity contribution in [2.24, 2.45) is 11.8 Å². The second-order valence-corrected chi connectivity index (χ2v) is 6.78. The molecule has 8 nitrogen and oxygen atoms in total. The van der Waals surface area contributed by atoms with Crippen LogP contribution in [0.5, 0.6) is 0 Å². The maximum absolute atomic E-state index is 12.6. The summed E-state index contributed by atoms with van der Waals surface area (Å²) >= 11 is 0. The summed E-state index contributed by atoms with van der Waals surface area (Å²) in [5.41, 5.74) is 0.819. The largest absolute Gasteiger partial charge is 0.467 e. The smallest absolute Gasteiger partial charge is 0.408 e. The highest BCUT2D eigenvalue weighted by atomic mass is 16.5. The molecule has 3 atom stereocenters. The minimum atomic E-state index is -0.976. The first kappa shape index (κ1) is 23.0. The number of ether oxygens (including phenoxy) is 2. The number of nitrogens with zero attached hydrogens (tertiary/aromatic N) is 1. The third-order valence-electron chi connectivity index (χ3n) is 4.05. The lowest BCUT2D eigenvalue weighted by Gasteiger charge is -2.24. The lowest BCUT2D eigenvalue weighted by atomic mass is 10.0. The van der Waals surface area contributed by atoms with Crippen molar-refractivity contribution in [1.82, 2.24) is 10.6 Å². The van der Waals surface area contributed by atoms with Gasteiger partial charge in [-0.1, -0.05) is 44.2 Å². The zero-order chi connectivity index (χ0) is 21.1. The predicted molar refractivity (Wildman–Crippen MR) is 102 cm³/mol. The Morgan fingerprint density at radius 1 is 1.11 bits per heavy atom. The Hall–Kier alpha value is -3.08. The molecule has 1 aromatic rings. The van der Waals surface area contributed by atoms with Crippen LogP contribution in [0.4, 0.5) is 4.79 Å². The lowest BCUT2D eigenvalue weighted by molar-refractivity contribution is -0.145. The fraction of sp³-hybridized carbons (Fsp3) is 0.500. The van der Waals surface area contributed by atoms with E-state index < -0.39 is 36.0 Å². The van der Waals surface area contributed by atoms with Gasteiger partial charge >= 0.3 is 12.1 Å². The van der Waals surface area contributed by atoms with E-state index in [1.54, 1.807) is 20.8 Å². The molecule has 1 rings (SSSR count). The van der Waals surface area contributed by atoms with E-state index >= 15 is 0 Å². The number of carbonyl (C=O) groups is 3. The number of nitrogens with one attached hydrogen (secondary N) is 2. The van der Waals surface area contributed by atoms with Crippen molar-refractivity contribution in [2.45, 2.75) is 45.9 Å². The molecular formula is C20H27N3O5. The molecule has 8 heteroatoms. The zero-order valence-electron chi connectivity index (χ0n) is 16.6. The Labute approximate surface area is 165 Å². The van der Waals surface area contributed by atoms with Gasteiger partial charge in [0.2, 0.25) is 5.91 Å². The maximum atomic E-state index is 12.6. The standard InChI is InChI=1S/C20H27N3O5/c1-13(2)17(23-20(26)28-12-15-8-6-5-7-9-15)18(24)22-16(19(25)27-4)10-14(3)11-21/h5-9,13-14,16-17H,10,12H2,1-4H3,(H,22,24)(H,23,26)/t14-,16+,17+/m1/s1. The Morgan fingerprint density at radius 3 is 2.29 bits per heavy atom. The van der Waals surface area contributed by atoms with Gasteiger partial charge < -0.3 is 20.1 Å². The van der Waals surface area contributed by atoms with E-state index in [9.17, 15) is 14.4 Å². The van der Waals surface area contributed by atoms with Crippen molar-refractivity contribution in [2.75, 3.05) is 7.11 Å². The van der Waals surface area contributed by atoms with Crippen LogP contribution in [0.25, 0.3) is 0 Å². The second kappa shape index (κ2) is 11.6. The van der Waals surface area contributed by atoms with Crippen molar-refractivity contribution < 1.29 is 23.9 Å². The Morgan fingerprint density at radius 2 is 1.75 bits per heavy atom. The van der Waals surface area contributed by atoms with Crippen molar-refractivity contribution in [3.05, 3.63) is 35.9 Å². The number of esters is 1. The van der Waals surface area contributed by atoms with Crippen molar-refractivity contribution >= 4 is 18.0 Å². The van der Waals surface area contributed by atoms with Crippen LogP contribution in [0.15, 0.2) is 30.3 Å². The topological polar surface area (TPSA) is 118 Å². The van der Waals surface area contributed by atoms with Crippen LogP contribution in [-0.2, 0) is 25.7 Å². The minimum Gasteiger partial charge on any atom is -0.467 e. The average Bonchev–Trinajstić information content (AvgIpc) is 2.69. The summed E-state index contributed by atoms with van der Waals surface area (Å²) in [6.07, 6.45) is -0.629. The summed E-state index contributed by atoms with van der Waals surface area (Å²) in [6, 6.07) is 9.28. The van der Waals surface area contributed by atoms with Crippen molar-refractivity contribution in [1.29, 1.82) is 5.26 Å². The molecule has 0 saturated carbocycles. The maximum Gasteiger partial charge on any atom is 0.408 e. The van der Waals surface area contributed by atoms with Gasteiger partial charge in [-0.3, -0.25) is 4.79 Å². The van der Waals surface area contributed by atoms with Crippen molar-refractivity contribution in [3.8, 4) is 6.07 Å². The second-order valence-electron chi connectivity index (χ2n) is 6.78. The SMILES string of the molecule is COC(=O)[C@H](C[C@@H](C)C#N)NC(=O)[C@@H](NC(=O)OCc1ccccc1)C(C)C. The van der Waals surface area contributed by atoms with Gasteiger partial charge in [-0.25, -0.2) is 9.59 Å². The van der Waals surface area contributed by atoms with Crippen LogP contribution in [0.2, 0.25) is 0 Å². The number of rotatable bonds is 9. The quantitative estimate of drug-likeness (QED) is 0.625. The monoisotopic (exact) mass is 389 g/mol. The minimum absolute atomic E-state index is 0.0730. The number of nitriles is 1. The molecule has 0 radical (unpaired) electrons. The van der Waals surface area contributed by atoms with E-state index in [1.807, 2.05) is 36.4 Å². The molecule has 0 aliphatic heterocycles. The number of hydrogen-bond acceptors (Lipinski definition) is 6. The molecular weight excluding hydrogens is 362 g/mol. The number of carbonyl (C=O) groups excluding carboxylic acids is 3. The Bertz CT molecular complexity index is 700. The highest BCUT2D eigenvalue weighted by Gasteiger charge is 2.30. The number of benzene rings is 1. The van der Waals surface area contributed by atoms with Gasteiger partial charge in [0.25, 0.3) is 0 Å². The van der Waals surface area contributed by atoms with Crippen molar-refractivity contribution in [3.63, 3.8) is 0 Å². The van der Waals surface area contributed by atoms with E-state index in [1.165, 1.54) is 7.11 Å². The van der Waals surface area contributed by atoms with E-state index in [-0.39, 0.29) is 18.9 Å². The first-order valence-corrected chi connectivity index (χ1v) is 9.03. The number of amides is 2. The predicted octanol–water partition coefficient (Wildman–Crippen LogP) is 2.14. The zero-order valence-corrected chi connectivity index (χ0v) is 16.6. The lowest BCUT2D eigenvalue weighted by Crippen LogP contribution is -2.54. The number of hydrogen-bond donors (Lipinski definition) is 2. The van der Waals surface area contributed by atoms with E-state index in [2.05, 4.69) is 10.6 Å². The molecule has 0 aliphatic carbocycles. The van der Waals surface area contributed by atoms with E-state index in [4.69, 9.17) is 14.7 Å². The fourth-order valence-corrected chi connectivity index (χ4v) is 2.45. The molecule has 0 spiro atoms. The fourth-order valence-electron chi connectivity index (χ4n) is 2.45.